The molecule has 140 valence electrons. The maximum Gasteiger partial charge on any atom is 0.291 e. The number of rotatable bonds is 5. The molecule has 2 aromatic carbocycles. The number of aryl methyl sites for hydroxylation is 1. The number of anilines is 2. The van der Waals surface area contributed by atoms with Crippen molar-refractivity contribution in [1.29, 1.82) is 0 Å². The summed E-state index contributed by atoms with van der Waals surface area (Å²) in [7, 11) is -4.38. The van der Waals surface area contributed by atoms with Gasteiger partial charge >= 0.3 is 0 Å². The molecular weight excluding hydrogens is 398 g/mol. The zero-order valence-electron chi connectivity index (χ0n) is 13.7. The Hall–Kier alpha value is -2.92. The maximum absolute atomic E-state index is 13.6. The van der Waals surface area contributed by atoms with Gasteiger partial charge in [0.1, 0.15) is 17.3 Å². The number of nitrogens with one attached hydrogen (secondary N) is 2. The van der Waals surface area contributed by atoms with E-state index in [1.54, 1.807) is 35.9 Å². The highest BCUT2D eigenvalue weighted by molar-refractivity contribution is 7.94. The molecule has 11 heteroatoms. The lowest BCUT2D eigenvalue weighted by Gasteiger charge is -2.07. The SMILES string of the molecule is Cc1ccccc1C(=O)Nc1nnc(S(=O)(=O)Nc2c(F)cccc2F)s1. The fraction of sp³-hybridized carbons (Fsp3) is 0.0625. The lowest BCUT2D eigenvalue weighted by molar-refractivity contribution is 0.102. The molecule has 0 saturated heterocycles. The molecular formula is C16H12F2N4O3S2. The molecule has 1 aromatic heterocycles. The van der Waals surface area contributed by atoms with Crippen molar-refractivity contribution in [3.8, 4) is 0 Å². The minimum atomic E-state index is -4.38. The number of carbonyl (C=O) groups is 1. The highest BCUT2D eigenvalue weighted by Crippen LogP contribution is 2.26. The van der Waals surface area contributed by atoms with Gasteiger partial charge in [-0.05, 0) is 30.7 Å². The molecule has 2 N–H and O–H groups in total. The van der Waals surface area contributed by atoms with E-state index in [2.05, 4.69) is 15.5 Å². The van der Waals surface area contributed by atoms with E-state index in [-0.39, 0.29) is 5.13 Å². The van der Waals surface area contributed by atoms with Crippen LogP contribution >= 0.6 is 11.3 Å². The zero-order chi connectivity index (χ0) is 19.6. The lowest BCUT2D eigenvalue weighted by atomic mass is 10.1. The van der Waals surface area contributed by atoms with Crippen LogP contribution in [-0.4, -0.2) is 24.5 Å². The van der Waals surface area contributed by atoms with E-state index in [9.17, 15) is 22.0 Å². The molecule has 0 fully saturated rings. The highest BCUT2D eigenvalue weighted by atomic mass is 32.2. The minimum absolute atomic E-state index is 0.0716. The van der Waals surface area contributed by atoms with E-state index in [0.717, 1.165) is 23.8 Å². The van der Waals surface area contributed by atoms with Crippen molar-refractivity contribution in [3.05, 3.63) is 65.2 Å². The van der Waals surface area contributed by atoms with Gasteiger partial charge in [0.25, 0.3) is 20.3 Å². The molecule has 0 unspecified atom stereocenters. The van der Waals surface area contributed by atoms with Crippen molar-refractivity contribution < 1.29 is 22.0 Å². The Kier molecular flexibility index (Phi) is 5.15. The first kappa shape index (κ1) is 18.9. The predicted octanol–water partition coefficient (Wildman–Crippen LogP) is 3.18. The number of nitrogens with zero attached hydrogens (tertiary/aromatic N) is 2. The number of hydrogen-bond acceptors (Lipinski definition) is 6. The van der Waals surface area contributed by atoms with E-state index in [4.69, 9.17) is 0 Å². The highest BCUT2D eigenvalue weighted by Gasteiger charge is 2.24. The normalized spacial score (nSPS) is 11.2. The van der Waals surface area contributed by atoms with Crippen molar-refractivity contribution in [2.45, 2.75) is 11.3 Å². The van der Waals surface area contributed by atoms with Crippen molar-refractivity contribution in [3.63, 3.8) is 0 Å². The van der Waals surface area contributed by atoms with Crippen LogP contribution in [0.25, 0.3) is 0 Å². The molecule has 0 bridgehead atoms. The first-order valence-electron chi connectivity index (χ1n) is 7.45. The van der Waals surface area contributed by atoms with Gasteiger partial charge in [0.05, 0.1) is 0 Å². The van der Waals surface area contributed by atoms with E-state index >= 15 is 0 Å². The number of hydrogen-bond donors (Lipinski definition) is 2. The third-order valence-corrected chi connectivity index (χ3v) is 6.00. The molecule has 3 rings (SSSR count). The number of amides is 1. The summed E-state index contributed by atoms with van der Waals surface area (Å²) >= 11 is 0.550. The van der Waals surface area contributed by atoms with Gasteiger partial charge in [-0.3, -0.25) is 14.8 Å². The second-order valence-corrected chi connectivity index (χ2v) is 8.18. The topological polar surface area (TPSA) is 101 Å². The Bertz CT molecular complexity index is 1100. The summed E-state index contributed by atoms with van der Waals surface area (Å²) in [6, 6.07) is 9.74. The van der Waals surface area contributed by atoms with Crippen LogP contribution in [0.4, 0.5) is 19.6 Å². The molecule has 7 nitrogen and oxygen atoms in total. The summed E-state index contributed by atoms with van der Waals surface area (Å²) in [6.07, 6.45) is 0. The zero-order valence-corrected chi connectivity index (χ0v) is 15.4. The summed E-state index contributed by atoms with van der Waals surface area (Å²) in [4.78, 5) is 12.2. The van der Waals surface area contributed by atoms with Gasteiger partial charge in [-0.1, -0.05) is 35.6 Å². The largest absolute Gasteiger partial charge is 0.296 e. The van der Waals surface area contributed by atoms with Crippen LogP contribution in [-0.2, 0) is 10.0 Å². The van der Waals surface area contributed by atoms with Crippen molar-refractivity contribution in [2.75, 3.05) is 10.0 Å². The van der Waals surface area contributed by atoms with Crippen LogP contribution in [0.1, 0.15) is 15.9 Å². The van der Waals surface area contributed by atoms with Gasteiger partial charge in [0.2, 0.25) is 5.13 Å². The molecule has 0 aliphatic carbocycles. The summed E-state index contributed by atoms with van der Waals surface area (Å²) in [5.41, 5.74) is 0.297. The number of benzene rings is 2. The first-order valence-corrected chi connectivity index (χ1v) is 9.75. The molecule has 0 radical (unpaired) electrons. The smallest absolute Gasteiger partial charge is 0.291 e. The van der Waals surface area contributed by atoms with Crippen molar-refractivity contribution >= 4 is 38.1 Å². The second-order valence-electron chi connectivity index (χ2n) is 5.34. The molecule has 0 spiro atoms. The maximum atomic E-state index is 13.6. The van der Waals surface area contributed by atoms with Gasteiger partial charge in [-0.25, -0.2) is 8.78 Å². The predicted molar refractivity (Wildman–Crippen MR) is 96.2 cm³/mol. The van der Waals surface area contributed by atoms with Crippen LogP contribution in [0.2, 0.25) is 0 Å². The van der Waals surface area contributed by atoms with Crippen LogP contribution in [0.15, 0.2) is 46.8 Å². The Labute approximate surface area is 157 Å². The van der Waals surface area contributed by atoms with Gasteiger partial charge in [0.15, 0.2) is 0 Å². The Balaban J connectivity index is 1.80. The third kappa shape index (κ3) is 4.09. The molecule has 0 aliphatic rings. The number of halogens is 2. The van der Waals surface area contributed by atoms with Crippen molar-refractivity contribution in [1.82, 2.24) is 10.2 Å². The second kappa shape index (κ2) is 7.37. The van der Waals surface area contributed by atoms with Gasteiger partial charge < -0.3 is 0 Å². The summed E-state index contributed by atoms with van der Waals surface area (Å²) in [6.45, 7) is 1.75. The van der Waals surface area contributed by atoms with Crippen LogP contribution in [0, 0.1) is 18.6 Å². The molecule has 3 aromatic rings. The number of aromatic nitrogens is 2. The molecule has 1 amide bonds. The van der Waals surface area contributed by atoms with Gasteiger partial charge in [-0.2, -0.15) is 8.42 Å². The Morgan fingerprint density at radius 2 is 1.70 bits per heavy atom. The third-order valence-electron chi connectivity index (χ3n) is 3.45. The molecule has 27 heavy (non-hydrogen) atoms. The molecule has 1 heterocycles. The Morgan fingerprint density at radius 1 is 1.04 bits per heavy atom. The summed E-state index contributed by atoms with van der Waals surface area (Å²) in [5.74, 6) is -2.63. The fourth-order valence-corrected chi connectivity index (χ4v) is 4.11. The minimum Gasteiger partial charge on any atom is -0.296 e. The fourth-order valence-electron chi connectivity index (χ4n) is 2.13. The van der Waals surface area contributed by atoms with E-state index in [1.807, 2.05) is 0 Å². The Morgan fingerprint density at radius 3 is 2.37 bits per heavy atom. The monoisotopic (exact) mass is 410 g/mol. The van der Waals surface area contributed by atoms with E-state index in [0.29, 0.717) is 16.9 Å². The molecule has 0 aliphatic heterocycles. The van der Waals surface area contributed by atoms with Gasteiger partial charge in [-0.15, -0.1) is 10.2 Å². The quantitative estimate of drug-likeness (QED) is 0.629. The van der Waals surface area contributed by atoms with Gasteiger partial charge in [0, 0.05) is 5.56 Å². The average Bonchev–Trinajstić information content (AvgIpc) is 3.08. The first-order chi connectivity index (χ1) is 12.8. The van der Waals surface area contributed by atoms with E-state index < -0.39 is 37.6 Å². The summed E-state index contributed by atoms with van der Waals surface area (Å²) in [5, 5.41) is 9.44. The number of carbonyl (C=O) groups excluding carboxylic acids is 1. The van der Waals surface area contributed by atoms with Crippen LogP contribution < -0.4 is 10.0 Å². The molecule has 0 atom stereocenters. The van der Waals surface area contributed by atoms with Crippen LogP contribution in [0.3, 0.4) is 0 Å². The summed E-state index contributed by atoms with van der Waals surface area (Å²) < 4.78 is 53.1. The number of para-hydroxylation sites is 1. The lowest BCUT2D eigenvalue weighted by Crippen LogP contribution is -2.15. The average molecular weight is 410 g/mol. The van der Waals surface area contributed by atoms with Crippen molar-refractivity contribution in [2.24, 2.45) is 0 Å². The standard InChI is InChI=1S/C16H12F2N4O3S2/c1-9-5-2-3-6-10(9)14(23)19-15-20-21-16(26-15)27(24,25)22-13-11(17)7-4-8-12(13)18/h2-8,22H,1H3,(H,19,20,23). The molecule has 0 saturated carbocycles. The van der Waals surface area contributed by atoms with E-state index in [1.165, 1.54) is 0 Å². The number of sulfonamides is 1. The van der Waals surface area contributed by atoms with Crippen LogP contribution in [0.5, 0.6) is 0 Å².